The van der Waals surface area contributed by atoms with E-state index in [4.69, 9.17) is 9.15 Å². The first-order valence-corrected chi connectivity index (χ1v) is 12.9. The predicted octanol–water partition coefficient (Wildman–Crippen LogP) is 2.00. The summed E-state index contributed by atoms with van der Waals surface area (Å²) >= 11 is 0. The zero-order valence-electron chi connectivity index (χ0n) is 19.2. The number of nitrogens with one attached hydrogen (secondary N) is 1. The summed E-state index contributed by atoms with van der Waals surface area (Å²) in [7, 11) is -2.17. The van der Waals surface area contributed by atoms with Gasteiger partial charge in [-0.3, -0.25) is 9.59 Å². The molecular weight excluding hydrogens is 460 g/mol. The number of furan rings is 1. The predicted molar refractivity (Wildman–Crippen MR) is 126 cm³/mol. The molecule has 0 spiro atoms. The van der Waals surface area contributed by atoms with Gasteiger partial charge >= 0.3 is 0 Å². The highest BCUT2D eigenvalue weighted by atomic mass is 32.2. The van der Waals surface area contributed by atoms with Crippen LogP contribution in [0.2, 0.25) is 0 Å². The number of piperidine rings is 1. The minimum atomic E-state index is -3.67. The minimum absolute atomic E-state index is 0.138. The molecule has 2 fully saturated rings. The number of benzene rings is 1. The fraction of sp³-hybridized carbons (Fsp3) is 0.478. The second-order valence-corrected chi connectivity index (χ2v) is 10.4. The monoisotopic (exact) mass is 490 g/mol. The van der Waals surface area contributed by atoms with Crippen LogP contribution in [0, 0.1) is 0 Å². The number of hydrogen-bond acceptors (Lipinski definition) is 7. The molecule has 34 heavy (non-hydrogen) atoms. The molecule has 0 radical (unpaired) electrons. The summed E-state index contributed by atoms with van der Waals surface area (Å²) in [5.74, 6) is -0.724. The second-order valence-electron chi connectivity index (χ2n) is 8.43. The topological polar surface area (TPSA) is 112 Å². The molecule has 184 valence electrons. The third-order valence-corrected chi connectivity index (χ3v) is 7.90. The lowest BCUT2D eigenvalue weighted by Gasteiger charge is -2.31. The highest BCUT2D eigenvalue weighted by molar-refractivity contribution is 7.89. The van der Waals surface area contributed by atoms with Crippen molar-refractivity contribution in [1.82, 2.24) is 9.21 Å². The molecule has 2 aromatic rings. The van der Waals surface area contributed by atoms with Gasteiger partial charge in [-0.15, -0.1) is 0 Å². The second kappa shape index (κ2) is 10.6. The van der Waals surface area contributed by atoms with Crippen LogP contribution in [0.15, 0.2) is 45.9 Å². The van der Waals surface area contributed by atoms with Gasteiger partial charge in [0.25, 0.3) is 5.91 Å². The lowest BCUT2D eigenvalue weighted by Crippen LogP contribution is -2.38. The summed E-state index contributed by atoms with van der Waals surface area (Å²) in [4.78, 5) is 28.7. The molecule has 11 heteroatoms. The summed E-state index contributed by atoms with van der Waals surface area (Å²) < 4.78 is 38.5. The fourth-order valence-electron chi connectivity index (χ4n) is 4.18. The third kappa shape index (κ3) is 5.43. The average Bonchev–Trinajstić information content (AvgIpc) is 3.39. The molecule has 3 heterocycles. The van der Waals surface area contributed by atoms with Gasteiger partial charge < -0.3 is 24.3 Å². The first-order valence-electron chi connectivity index (χ1n) is 11.4. The van der Waals surface area contributed by atoms with Crippen molar-refractivity contribution in [2.45, 2.75) is 24.2 Å². The quantitative estimate of drug-likeness (QED) is 0.632. The van der Waals surface area contributed by atoms with Gasteiger partial charge in [-0.2, -0.15) is 4.31 Å². The molecule has 2 amide bonds. The van der Waals surface area contributed by atoms with Gasteiger partial charge in [0.15, 0.2) is 5.76 Å². The Hall–Kier alpha value is -2.89. The average molecular weight is 491 g/mol. The first-order chi connectivity index (χ1) is 16.4. The normalized spacial score (nSPS) is 17.4. The molecular formula is C23H30N4O6S. The summed E-state index contributed by atoms with van der Waals surface area (Å²) in [6.45, 7) is 3.11. The van der Waals surface area contributed by atoms with Crippen molar-refractivity contribution in [2.24, 2.45) is 0 Å². The summed E-state index contributed by atoms with van der Waals surface area (Å²) in [6, 6.07) is 7.97. The van der Waals surface area contributed by atoms with E-state index in [1.54, 1.807) is 18.2 Å². The van der Waals surface area contributed by atoms with E-state index in [-0.39, 0.29) is 17.2 Å². The molecule has 0 bridgehead atoms. The van der Waals surface area contributed by atoms with Crippen LogP contribution in [0.25, 0.3) is 0 Å². The lowest BCUT2D eigenvalue weighted by molar-refractivity contribution is -0.116. The summed E-state index contributed by atoms with van der Waals surface area (Å²) in [5.41, 5.74) is 1.11. The van der Waals surface area contributed by atoms with E-state index in [1.165, 1.54) is 34.6 Å². The Kier molecular flexibility index (Phi) is 7.54. The highest BCUT2D eigenvalue weighted by Gasteiger charge is 2.28. The SMILES string of the molecule is CN(CC(=O)Nc1cc(S(=O)(=O)N2CCCCC2)ccc1N1CCOCC1)C(=O)c1ccco1. The molecule has 1 N–H and O–H groups in total. The number of rotatable bonds is 7. The summed E-state index contributed by atoms with van der Waals surface area (Å²) in [6.07, 6.45) is 4.09. The number of likely N-dealkylation sites (N-methyl/N-ethyl adjacent to an activating group) is 1. The number of morpholine rings is 1. The number of hydrogen-bond donors (Lipinski definition) is 1. The maximum Gasteiger partial charge on any atom is 0.289 e. The number of anilines is 2. The fourth-order valence-corrected chi connectivity index (χ4v) is 5.72. The van der Waals surface area contributed by atoms with Gasteiger partial charge in [0.2, 0.25) is 15.9 Å². The van der Waals surface area contributed by atoms with Crippen LogP contribution < -0.4 is 10.2 Å². The molecule has 2 aliphatic rings. The van der Waals surface area contributed by atoms with Gasteiger partial charge in [0.1, 0.15) is 0 Å². The first kappa shape index (κ1) is 24.2. The van der Waals surface area contributed by atoms with Crippen molar-refractivity contribution < 1.29 is 27.2 Å². The van der Waals surface area contributed by atoms with Crippen LogP contribution in [-0.4, -0.2) is 82.4 Å². The zero-order chi connectivity index (χ0) is 24.1. The standard InChI is InChI=1S/C23H30N4O6S/c1-25(23(29)21-6-5-13-33-21)17-22(28)24-19-16-18(34(30,31)27-9-3-2-4-10-27)7-8-20(19)26-11-14-32-15-12-26/h5-8,13,16H,2-4,9-12,14-15,17H2,1H3,(H,24,28). The number of carbonyl (C=O) groups is 2. The van der Waals surface area contributed by atoms with Crippen molar-refractivity contribution in [3.8, 4) is 0 Å². The van der Waals surface area contributed by atoms with E-state index in [2.05, 4.69) is 5.32 Å². The van der Waals surface area contributed by atoms with Crippen molar-refractivity contribution in [1.29, 1.82) is 0 Å². The van der Waals surface area contributed by atoms with Crippen molar-refractivity contribution in [3.63, 3.8) is 0 Å². The molecule has 2 aliphatic heterocycles. The van der Waals surface area contributed by atoms with Gasteiger partial charge in [0.05, 0.1) is 42.3 Å². The van der Waals surface area contributed by atoms with Crippen LogP contribution in [0.5, 0.6) is 0 Å². The number of sulfonamides is 1. The Morgan fingerprint density at radius 1 is 1.06 bits per heavy atom. The number of amides is 2. The van der Waals surface area contributed by atoms with Crippen LogP contribution in [0.3, 0.4) is 0 Å². The maximum absolute atomic E-state index is 13.2. The van der Waals surface area contributed by atoms with Crippen LogP contribution in [0.1, 0.15) is 29.8 Å². The van der Waals surface area contributed by atoms with E-state index >= 15 is 0 Å². The zero-order valence-corrected chi connectivity index (χ0v) is 20.1. The smallest absolute Gasteiger partial charge is 0.289 e. The van der Waals surface area contributed by atoms with Gasteiger partial charge in [-0.1, -0.05) is 6.42 Å². The van der Waals surface area contributed by atoms with Gasteiger partial charge in [0, 0.05) is 33.2 Å². The number of nitrogens with zero attached hydrogens (tertiary/aromatic N) is 3. The molecule has 2 saturated heterocycles. The molecule has 4 rings (SSSR count). The van der Waals surface area contributed by atoms with E-state index in [1.807, 2.05) is 4.90 Å². The Morgan fingerprint density at radius 3 is 2.47 bits per heavy atom. The number of carbonyl (C=O) groups excluding carboxylic acids is 2. The molecule has 0 unspecified atom stereocenters. The molecule has 0 aliphatic carbocycles. The van der Waals surface area contributed by atoms with Crippen LogP contribution in [-0.2, 0) is 19.6 Å². The Bertz CT molecular complexity index is 1110. The molecule has 1 aromatic heterocycles. The Balaban J connectivity index is 1.57. The van der Waals surface area contributed by atoms with E-state index < -0.39 is 21.8 Å². The summed E-state index contributed by atoms with van der Waals surface area (Å²) in [5, 5.41) is 2.83. The third-order valence-electron chi connectivity index (χ3n) is 6.01. The van der Waals surface area contributed by atoms with Crippen molar-refractivity contribution in [2.75, 3.05) is 63.2 Å². The molecule has 0 atom stereocenters. The van der Waals surface area contributed by atoms with Crippen molar-refractivity contribution >= 4 is 33.2 Å². The molecule has 10 nitrogen and oxygen atoms in total. The maximum atomic E-state index is 13.2. The van der Waals surface area contributed by atoms with Gasteiger partial charge in [-0.05, 0) is 43.2 Å². The van der Waals surface area contributed by atoms with E-state index in [0.29, 0.717) is 50.8 Å². The Labute approximate surface area is 199 Å². The van der Waals surface area contributed by atoms with Crippen LogP contribution in [0.4, 0.5) is 11.4 Å². The molecule has 1 aromatic carbocycles. The van der Waals surface area contributed by atoms with Crippen molar-refractivity contribution in [3.05, 3.63) is 42.4 Å². The minimum Gasteiger partial charge on any atom is -0.459 e. The molecule has 0 saturated carbocycles. The van der Waals surface area contributed by atoms with Gasteiger partial charge in [-0.25, -0.2) is 8.42 Å². The van der Waals surface area contributed by atoms with E-state index in [9.17, 15) is 18.0 Å². The van der Waals surface area contributed by atoms with Crippen LogP contribution >= 0.6 is 0 Å². The largest absolute Gasteiger partial charge is 0.459 e. The lowest BCUT2D eigenvalue weighted by atomic mass is 10.2. The highest BCUT2D eigenvalue weighted by Crippen LogP contribution is 2.31. The number of ether oxygens (including phenoxy) is 1. The Morgan fingerprint density at radius 2 is 1.79 bits per heavy atom. The van der Waals surface area contributed by atoms with E-state index in [0.717, 1.165) is 19.3 Å².